The first-order valence-electron chi connectivity index (χ1n) is 10.2. The van der Waals surface area contributed by atoms with Crippen molar-refractivity contribution in [1.82, 2.24) is 15.1 Å². The Balaban J connectivity index is 1.37. The minimum absolute atomic E-state index is 0.0265. The summed E-state index contributed by atoms with van der Waals surface area (Å²) >= 11 is 7.01. The predicted molar refractivity (Wildman–Crippen MR) is 125 cm³/mol. The Morgan fingerprint density at radius 1 is 1.15 bits per heavy atom. The third kappa shape index (κ3) is 5.58. The van der Waals surface area contributed by atoms with E-state index in [1.165, 1.54) is 29.5 Å². The monoisotopic (exact) mass is 489 g/mol. The Bertz CT molecular complexity index is 1160. The summed E-state index contributed by atoms with van der Waals surface area (Å²) < 4.78 is 18.5. The SMILES string of the molecule is COc1ccc(NC(=O)c2nnc([C@H]3CCCN(C(=O)Nc4ccc(F)c(Cl)c4)C3)s2)cc1. The number of amides is 3. The van der Waals surface area contributed by atoms with Crippen LogP contribution in [0.3, 0.4) is 0 Å². The average molecular weight is 490 g/mol. The standard InChI is InChI=1S/C22H21ClFN5O3S/c1-32-16-7-4-14(5-8-16)25-19(30)21-28-27-20(33-21)13-3-2-10-29(12-13)22(31)26-15-6-9-18(24)17(23)11-15/h4-9,11,13H,2-3,10,12H2,1H3,(H,25,30)(H,26,31)/t13-/m0/s1. The Labute approximate surface area is 198 Å². The first-order chi connectivity index (χ1) is 15.9. The van der Waals surface area contributed by atoms with E-state index >= 15 is 0 Å². The van der Waals surface area contributed by atoms with E-state index in [-0.39, 0.29) is 27.9 Å². The first kappa shape index (κ1) is 22.9. The minimum atomic E-state index is -0.546. The lowest BCUT2D eigenvalue weighted by Gasteiger charge is -2.31. The molecule has 0 aliphatic carbocycles. The second-order valence-electron chi connectivity index (χ2n) is 7.47. The molecule has 0 bridgehead atoms. The normalized spacial score (nSPS) is 15.7. The molecule has 1 saturated heterocycles. The van der Waals surface area contributed by atoms with Gasteiger partial charge in [0.15, 0.2) is 0 Å². The second kappa shape index (κ2) is 10.1. The zero-order valence-corrected chi connectivity index (χ0v) is 19.3. The number of urea groups is 1. The lowest BCUT2D eigenvalue weighted by molar-refractivity contribution is 0.102. The van der Waals surface area contributed by atoms with Gasteiger partial charge in [0.25, 0.3) is 5.91 Å². The van der Waals surface area contributed by atoms with Crippen LogP contribution in [-0.4, -0.2) is 47.2 Å². The maximum atomic E-state index is 13.3. The number of carbonyl (C=O) groups excluding carboxylic acids is 2. The number of piperidine rings is 1. The van der Waals surface area contributed by atoms with Crippen molar-refractivity contribution in [2.75, 3.05) is 30.8 Å². The number of benzene rings is 2. The lowest BCUT2D eigenvalue weighted by Crippen LogP contribution is -2.41. The molecular weight excluding hydrogens is 469 g/mol. The van der Waals surface area contributed by atoms with Crippen LogP contribution in [0, 0.1) is 5.82 Å². The molecule has 8 nitrogen and oxygen atoms in total. The molecule has 1 aliphatic rings. The largest absolute Gasteiger partial charge is 0.497 e. The van der Waals surface area contributed by atoms with Crippen LogP contribution in [0.2, 0.25) is 5.02 Å². The van der Waals surface area contributed by atoms with Gasteiger partial charge in [0, 0.05) is 30.4 Å². The molecular formula is C22H21ClFN5O3S. The number of hydrogen-bond donors (Lipinski definition) is 2. The zero-order valence-electron chi connectivity index (χ0n) is 17.7. The van der Waals surface area contributed by atoms with E-state index in [0.29, 0.717) is 35.2 Å². The van der Waals surface area contributed by atoms with Crippen molar-refractivity contribution >= 4 is 46.3 Å². The molecule has 1 aromatic heterocycles. The van der Waals surface area contributed by atoms with Gasteiger partial charge in [-0.15, -0.1) is 10.2 Å². The predicted octanol–water partition coefficient (Wildman–Crippen LogP) is 5.00. The van der Waals surface area contributed by atoms with E-state index in [1.54, 1.807) is 36.3 Å². The summed E-state index contributed by atoms with van der Waals surface area (Å²) in [5.74, 6) is -0.223. The van der Waals surface area contributed by atoms with Gasteiger partial charge in [-0.25, -0.2) is 9.18 Å². The van der Waals surface area contributed by atoms with Gasteiger partial charge in [-0.05, 0) is 55.3 Å². The molecule has 33 heavy (non-hydrogen) atoms. The third-order valence-corrected chi connectivity index (χ3v) is 6.59. The fourth-order valence-electron chi connectivity index (χ4n) is 3.49. The molecule has 2 heterocycles. The maximum absolute atomic E-state index is 13.3. The second-order valence-corrected chi connectivity index (χ2v) is 8.89. The zero-order chi connectivity index (χ0) is 23.4. The van der Waals surface area contributed by atoms with Crippen molar-refractivity contribution in [2.45, 2.75) is 18.8 Å². The van der Waals surface area contributed by atoms with Gasteiger partial charge in [0.2, 0.25) is 5.01 Å². The Morgan fingerprint density at radius 2 is 1.91 bits per heavy atom. The number of hydrogen-bond acceptors (Lipinski definition) is 6. The Kier molecular flexibility index (Phi) is 7.05. The molecule has 2 aromatic carbocycles. The number of ether oxygens (including phenoxy) is 1. The molecule has 1 aliphatic heterocycles. The molecule has 0 radical (unpaired) electrons. The minimum Gasteiger partial charge on any atom is -0.497 e. The molecule has 3 amide bonds. The van der Waals surface area contributed by atoms with Crippen LogP contribution in [0.4, 0.5) is 20.6 Å². The summed E-state index contributed by atoms with van der Waals surface area (Å²) in [4.78, 5) is 26.9. The number of nitrogens with zero attached hydrogens (tertiary/aromatic N) is 3. The third-order valence-electron chi connectivity index (χ3n) is 5.21. The van der Waals surface area contributed by atoms with Crippen molar-refractivity contribution < 1.29 is 18.7 Å². The Morgan fingerprint density at radius 3 is 2.64 bits per heavy atom. The van der Waals surface area contributed by atoms with Crippen molar-refractivity contribution in [3.8, 4) is 5.75 Å². The summed E-state index contributed by atoms with van der Waals surface area (Å²) in [5.41, 5.74) is 1.04. The van der Waals surface area contributed by atoms with Gasteiger partial charge in [-0.2, -0.15) is 0 Å². The van der Waals surface area contributed by atoms with Gasteiger partial charge in [-0.3, -0.25) is 4.79 Å². The fraction of sp³-hybridized carbons (Fsp3) is 0.273. The summed E-state index contributed by atoms with van der Waals surface area (Å²) in [7, 11) is 1.57. The number of rotatable bonds is 5. The van der Waals surface area contributed by atoms with Crippen LogP contribution < -0.4 is 15.4 Å². The van der Waals surface area contributed by atoms with Crippen LogP contribution in [0.1, 0.15) is 33.6 Å². The van der Waals surface area contributed by atoms with Crippen molar-refractivity contribution in [1.29, 1.82) is 0 Å². The van der Waals surface area contributed by atoms with Crippen LogP contribution in [-0.2, 0) is 0 Å². The van der Waals surface area contributed by atoms with Gasteiger partial charge in [0.1, 0.15) is 16.6 Å². The molecule has 2 N–H and O–H groups in total. The van der Waals surface area contributed by atoms with Crippen LogP contribution in [0.25, 0.3) is 0 Å². The van der Waals surface area contributed by atoms with Crippen molar-refractivity contribution in [2.24, 2.45) is 0 Å². The molecule has 4 rings (SSSR count). The summed E-state index contributed by atoms with van der Waals surface area (Å²) in [5, 5.41) is 14.7. The summed E-state index contributed by atoms with van der Waals surface area (Å²) in [6.07, 6.45) is 1.62. The van der Waals surface area contributed by atoms with Crippen LogP contribution in [0.15, 0.2) is 42.5 Å². The molecule has 3 aromatic rings. The molecule has 0 unspecified atom stereocenters. The van der Waals surface area contributed by atoms with Gasteiger partial charge in [0.05, 0.1) is 12.1 Å². The molecule has 0 spiro atoms. The molecule has 1 atom stereocenters. The smallest absolute Gasteiger partial charge is 0.321 e. The molecule has 172 valence electrons. The highest BCUT2D eigenvalue weighted by atomic mass is 35.5. The quantitative estimate of drug-likeness (QED) is 0.525. The van der Waals surface area contributed by atoms with E-state index in [2.05, 4.69) is 20.8 Å². The van der Waals surface area contributed by atoms with Gasteiger partial charge < -0.3 is 20.3 Å². The van der Waals surface area contributed by atoms with E-state index in [4.69, 9.17) is 16.3 Å². The maximum Gasteiger partial charge on any atom is 0.321 e. The van der Waals surface area contributed by atoms with Crippen molar-refractivity contribution in [3.05, 3.63) is 63.3 Å². The topological polar surface area (TPSA) is 96.4 Å². The van der Waals surface area contributed by atoms with E-state index < -0.39 is 5.82 Å². The van der Waals surface area contributed by atoms with Gasteiger partial charge in [-0.1, -0.05) is 22.9 Å². The molecule has 0 saturated carbocycles. The summed E-state index contributed by atoms with van der Waals surface area (Å²) in [6.45, 7) is 1.02. The number of aromatic nitrogens is 2. The highest BCUT2D eigenvalue weighted by molar-refractivity contribution is 7.13. The number of halogens is 2. The number of methoxy groups -OCH3 is 1. The van der Waals surface area contributed by atoms with Crippen molar-refractivity contribution in [3.63, 3.8) is 0 Å². The Hall–Kier alpha value is -3.24. The van der Waals surface area contributed by atoms with Crippen LogP contribution in [0.5, 0.6) is 5.75 Å². The highest BCUT2D eigenvalue weighted by Crippen LogP contribution is 2.30. The highest BCUT2D eigenvalue weighted by Gasteiger charge is 2.28. The van der Waals surface area contributed by atoms with E-state index in [9.17, 15) is 14.0 Å². The number of nitrogens with one attached hydrogen (secondary N) is 2. The van der Waals surface area contributed by atoms with Crippen LogP contribution >= 0.6 is 22.9 Å². The number of anilines is 2. The number of carbonyl (C=O) groups is 2. The lowest BCUT2D eigenvalue weighted by atomic mass is 9.99. The molecule has 1 fully saturated rings. The summed E-state index contributed by atoms with van der Waals surface area (Å²) in [6, 6.07) is 10.7. The van der Waals surface area contributed by atoms with Gasteiger partial charge >= 0.3 is 6.03 Å². The average Bonchev–Trinajstić information content (AvgIpc) is 3.33. The van der Waals surface area contributed by atoms with E-state index in [0.717, 1.165) is 12.8 Å². The fourth-order valence-corrected chi connectivity index (χ4v) is 4.53. The molecule has 11 heteroatoms. The van der Waals surface area contributed by atoms with E-state index in [1.807, 2.05) is 0 Å². The number of likely N-dealkylation sites (tertiary alicyclic amines) is 1. The first-order valence-corrected chi connectivity index (χ1v) is 11.4.